The molecule has 0 saturated heterocycles. The van der Waals surface area contributed by atoms with E-state index < -0.39 is 0 Å². The number of pyridine rings is 1. The van der Waals surface area contributed by atoms with Gasteiger partial charge in [-0.05, 0) is 36.1 Å². The molecule has 0 saturated carbocycles. The maximum absolute atomic E-state index is 9.97. The minimum absolute atomic E-state index is 0. The lowest BCUT2D eigenvalue weighted by atomic mass is 10.1. The van der Waals surface area contributed by atoms with E-state index in [1.165, 1.54) is 5.39 Å². The molecule has 3 rings (SSSR count). The highest BCUT2D eigenvalue weighted by Gasteiger charge is 2.11. The lowest BCUT2D eigenvalue weighted by Crippen LogP contribution is -3.00. The summed E-state index contributed by atoms with van der Waals surface area (Å²) in [7, 11) is 0. The largest absolute Gasteiger partial charge is 1.00 e. The first kappa shape index (κ1) is 15.1. The van der Waals surface area contributed by atoms with Crippen molar-refractivity contribution >= 4 is 10.8 Å². The summed E-state index contributed by atoms with van der Waals surface area (Å²) in [6.45, 7) is 2.28. The van der Waals surface area contributed by atoms with Gasteiger partial charge in [-0.15, -0.1) is 0 Å². The number of phenolic OH excluding ortho intramolecular Hbond substituents is 2. The zero-order chi connectivity index (χ0) is 14.1. The number of nitrogens with zero attached hydrogens (tertiary/aromatic N) is 1. The summed E-state index contributed by atoms with van der Waals surface area (Å²) in [6, 6.07) is 13.4. The highest BCUT2D eigenvalue weighted by Crippen LogP contribution is 2.26. The Morgan fingerprint density at radius 2 is 1.67 bits per heavy atom. The molecule has 0 fully saturated rings. The van der Waals surface area contributed by atoms with Crippen LogP contribution in [0.3, 0.4) is 0 Å². The fourth-order valence-electron chi connectivity index (χ4n) is 2.32. The average Bonchev–Trinajstić information content (AvgIpc) is 2.44. The summed E-state index contributed by atoms with van der Waals surface area (Å²) in [5.74, 6) is 0.417. The zero-order valence-corrected chi connectivity index (χ0v) is 12.4. The van der Waals surface area contributed by atoms with E-state index in [1.54, 1.807) is 19.1 Å². The molecule has 21 heavy (non-hydrogen) atoms. The van der Waals surface area contributed by atoms with E-state index in [1.807, 2.05) is 35.2 Å². The van der Waals surface area contributed by atoms with E-state index >= 15 is 0 Å². The van der Waals surface area contributed by atoms with Crippen LogP contribution in [0.25, 0.3) is 10.8 Å². The number of rotatable bonds is 2. The van der Waals surface area contributed by atoms with Crippen molar-refractivity contribution in [2.75, 3.05) is 0 Å². The summed E-state index contributed by atoms with van der Waals surface area (Å²) in [4.78, 5) is 0. The first-order chi connectivity index (χ1) is 9.63. The van der Waals surface area contributed by atoms with Gasteiger partial charge in [-0.2, -0.15) is 4.57 Å². The second-order valence-corrected chi connectivity index (χ2v) is 5.01. The van der Waals surface area contributed by atoms with E-state index in [-0.39, 0.29) is 23.9 Å². The van der Waals surface area contributed by atoms with Crippen LogP contribution in [0.5, 0.6) is 11.5 Å². The van der Waals surface area contributed by atoms with E-state index in [0.717, 1.165) is 5.39 Å². The Bertz CT molecular complexity index is 787. The summed E-state index contributed by atoms with van der Waals surface area (Å²) >= 11 is 0. The van der Waals surface area contributed by atoms with E-state index in [9.17, 15) is 10.2 Å². The van der Waals surface area contributed by atoms with Gasteiger partial charge in [0.25, 0.3) is 0 Å². The van der Waals surface area contributed by atoms with Crippen molar-refractivity contribution in [1.29, 1.82) is 0 Å². The van der Waals surface area contributed by atoms with Crippen molar-refractivity contribution in [2.24, 2.45) is 0 Å². The van der Waals surface area contributed by atoms with Crippen molar-refractivity contribution in [1.82, 2.24) is 0 Å². The summed E-state index contributed by atoms with van der Waals surface area (Å²) < 4.78 is 1.99. The third-order valence-electron chi connectivity index (χ3n) is 3.50. The summed E-state index contributed by atoms with van der Waals surface area (Å²) in [5.41, 5.74) is 1.38. The van der Waals surface area contributed by atoms with Gasteiger partial charge < -0.3 is 22.6 Å². The molecule has 0 aliphatic carbocycles. The van der Waals surface area contributed by atoms with Crippen LogP contribution < -0.4 is 17.0 Å². The minimum Gasteiger partial charge on any atom is -1.00 e. The van der Waals surface area contributed by atoms with Gasteiger partial charge in [-0.25, -0.2) is 0 Å². The number of hydrogen-bond donors (Lipinski definition) is 2. The quantitative estimate of drug-likeness (QED) is 0.513. The van der Waals surface area contributed by atoms with Gasteiger partial charge in [0.15, 0.2) is 18.9 Å². The maximum Gasteiger partial charge on any atom is 0.177 e. The van der Waals surface area contributed by atoms with Crippen LogP contribution in [0.15, 0.2) is 54.9 Å². The van der Waals surface area contributed by atoms with Crippen molar-refractivity contribution in [3.63, 3.8) is 0 Å². The van der Waals surface area contributed by atoms with Gasteiger partial charge in [-0.1, -0.05) is 18.2 Å². The number of phenols is 2. The number of aryl methyl sites for hydroxylation is 1. The molecular formula is C17H16ClNO2. The number of benzene rings is 2. The molecule has 3 aromatic rings. The van der Waals surface area contributed by atoms with Crippen LogP contribution >= 0.6 is 0 Å². The van der Waals surface area contributed by atoms with E-state index in [2.05, 4.69) is 12.1 Å². The Kier molecular flexibility index (Phi) is 4.34. The van der Waals surface area contributed by atoms with Gasteiger partial charge in [-0.3, -0.25) is 0 Å². The normalized spacial score (nSPS) is 10.3. The fourth-order valence-corrected chi connectivity index (χ4v) is 2.32. The van der Waals surface area contributed by atoms with Crippen LogP contribution in [0.4, 0.5) is 0 Å². The second-order valence-electron chi connectivity index (χ2n) is 5.01. The van der Waals surface area contributed by atoms with Crippen molar-refractivity contribution in [2.45, 2.75) is 13.5 Å². The number of halogens is 1. The molecule has 0 aliphatic rings. The topological polar surface area (TPSA) is 44.3 Å². The van der Waals surface area contributed by atoms with Gasteiger partial charge in [0, 0.05) is 11.5 Å². The molecule has 1 heterocycles. The Morgan fingerprint density at radius 1 is 0.952 bits per heavy atom. The Labute approximate surface area is 129 Å². The van der Waals surface area contributed by atoms with Crippen molar-refractivity contribution in [3.8, 4) is 11.5 Å². The first-order valence-corrected chi connectivity index (χ1v) is 6.53. The highest BCUT2D eigenvalue weighted by molar-refractivity contribution is 5.80. The molecule has 0 aliphatic heterocycles. The highest BCUT2D eigenvalue weighted by atomic mass is 35.5. The smallest absolute Gasteiger partial charge is 0.177 e. The lowest BCUT2D eigenvalue weighted by Gasteiger charge is -2.05. The molecule has 4 heteroatoms. The summed E-state index contributed by atoms with van der Waals surface area (Å²) in [6.07, 6.45) is 4.00. The molecule has 108 valence electrons. The predicted octanol–water partition coefficient (Wildman–Crippen LogP) is -0.101. The van der Waals surface area contributed by atoms with Gasteiger partial charge >= 0.3 is 0 Å². The SMILES string of the molecule is Cc1cc(O)c(C[n+]2ccc3ccccc3c2)cc1O.[Cl-]. The molecule has 0 bridgehead atoms. The van der Waals surface area contributed by atoms with E-state index in [4.69, 9.17) is 0 Å². The van der Waals surface area contributed by atoms with Crippen molar-refractivity contribution in [3.05, 3.63) is 66.0 Å². The Balaban J connectivity index is 0.00000161. The molecular weight excluding hydrogens is 286 g/mol. The van der Waals surface area contributed by atoms with Crippen LogP contribution in [0, 0.1) is 6.92 Å². The Morgan fingerprint density at radius 3 is 2.43 bits per heavy atom. The standard InChI is InChI=1S/C17H15NO2.ClH/c1-12-8-17(20)15(9-16(12)19)11-18-7-6-13-4-2-3-5-14(13)10-18;/h2-10H,11H2,1H3,(H-,19,20);1H. The van der Waals surface area contributed by atoms with Crippen LogP contribution in [0.1, 0.15) is 11.1 Å². The number of hydrogen-bond acceptors (Lipinski definition) is 2. The lowest BCUT2D eigenvalue weighted by molar-refractivity contribution is -0.687. The maximum atomic E-state index is 9.97. The molecule has 0 unspecified atom stereocenters. The van der Waals surface area contributed by atoms with Gasteiger partial charge in [0.05, 0.1) is 5.56 Å². The second kappa shape index (κ2) is 6.02. The number of fused-ring (bicyclic) bond motifs is 1. The molecule has 3 nitrogen and oxygen atoms in total. The van der Waals surface area contributed by atoms with Gasteiger partial charge in [0.1, 0.15) is 11.5 Å². The molecule has 2 aromatic carbocycles. The van der Waals surface area contributed by atoms with Crippen LogP contribution in [-0.4, -0.2) is 10.2 Å². The fraction of sp³-hybridized carbons (Fsp3) is 0.118. The monoisotopic (exact) mass is 301 g/mol. The molecule has 0 amide bonds. The molecule has 1 aromatic heterocycles. The summed E-state index contributed by atoms with van der Waals surface area (Å²) in [5, 5.41) is 22.0. The molecule has 0 radical (unpaired) electrons. The zero-order valence-electron chi connectivity index (χ0n) is 11.6. The predicted molar refractivity (Wildman–Crippen MR) is 77.8 cm³/mol. The van der Waals surface area contributed by atoms with E-state index in [0.29, 0.717) is 17.7 Å². The third-order valence-corrected chi connectivity index (χ3v) is 3.50. The average molecular weight is 302 g/mol. The van der Waals surface area contributed by atoms with Crippen molar-refractivity contribution < 1.29 is 27.2 Å². The van der Waals surface area contributed by atoms with Crippen LogP contribution in [0.2, 0.25) is 0 Å². The molecule has 0 spiro atoms. The van der Waals surface area contributed by atoms with Crippen LogP contribution in [-0.2, 0) is 6.54 Å². The number of aromatic nitrogens is 1. The molecule has 0 atom stereocenters. The molecule has 2 N–H and O–H groups in total. The first-order valence-electron chi connectivity index (χ1n) is 6.53. The Hall–Kier alpha value is -2.26. The number of aromatic hydroxyl groups is 2. The van der Waals surface area contributed by atoms with Gasteiger partial charge in [0.2, 0.25) is 0 Å². The third kappa shape index (κ3) is 3.09. The minimum atomic E-state index is 0.